The Kier molecular flexibility index (Phi) is 8.65. The van der Waals surface area contributed by atoms with Gasteiger partial charge in [-0.15, -0.1) is 0 Å². The molecule has 4 saturated carbocycles. The summed E-state index contributed by atoms with van der Waals surface area (Å²) in [5.74, 6) is 0.298. The summed E-state index contributed by atoms with van der Waals surface area (Å²) in [5, 5.41) is 61.8. The van der Waals surface area contributed by atoms with Gasteiger partial charge < -0.3 is 44.8 Å². The van der Waals surface area contributed by atoms with E-state index in [2.05, 4.69) is 13.8 Å². The molecule has 10 heteroatoms. The lowest BCUT2D eigenvalue weighted by Gasteiger charge is -2.60. The molecule has 0 amide bonds. The van der Waals surface area contributed by atoms with Crippen molar-refractivity contribution in [2.24, 2.45) is 52.3 Å². The summed E-state index contributed by atoms with van der Waals surface area (Å²) >= 11 is 0. The highest BCUT2D eigenvalue weighted by Crippen LogP contribution is 2.69. The van der Waals surface area contributed by atoms with E-state index in [1.54, 1.807) is 0 Å². The molecule has 6 rings (SSSR count). The number of ether oxygens (including phenoxy) is 3. The maximum Gasteiger partial charge on any atom is 0.186 e. The van der Waals surface area contributed by atoms with Gasteiger partial charge in [-0.3, -0.25) is 4.79 Å². The first-order valence-electron chi connectivity index (χ1n) is 16.8. The number of carbonyl (C=O) groups excluding carboxylic acids is 1. The number of rotatable bonds is 7. The van der Waals surface area contributed by atoms with Crippen LogP contribution in [0.25, 0.3) is 0 Å². The van der Waals surface area contributed by atoms with Gasteiger partial charge in [0.25, 0.3) is 0 Å². The Morgan fingerprint density at radius 1 is 1.02 bits per heavy atom. The minimum Gasteiger partial charge on any atom is -0.394 e. The van der Waals surface area contributed by atoms with Gasteiger partial charge in [0.2, 0.25) is 0 Å². The number of aliphatic hydroxyl groups is 6. The first-order chi connectivity index (χ1) is 20.2. The molecule has 0 bridgehead atoms. The number of hydrogen-bond acceptors (Lipinski definition) is 10. The van der Waals surface area contributed by atoms with Crippen molar-refractivity contribution in [3.63, 3.8) is 0 Å². The molecule has 17 atom stereocenters. The van der Waals surface area contributed by atoms with Gasteiger partial charge in [0.15, 0.2) is 12.1 Å². The van der Waals surface area contributed by atoms with E-state index in [0.29, 0.717) is 42.8 Å². The molecule has 6 fully saturated rings. The molecule has 2 aliphatic heterocycles. The van der Waals surface area contributed by atoms with E-state index in [0.717, 1.165) is 38.5 Å². The van der Waals surface area contributed by atoms with Crippen molar-refractivity contribution in [2.75, 3.05) is 13.2 Å². The van der Waals surface area contributed by atoms with E-state index in [4.69, 9.17) is 14.2 Å². The summed E-state index contributed by atoms with van der Waals surface area (Å²) in [4.78, 5) is 14.2. The molecule has 0 aromatic heterocycles. The van der Waals surface area contributed by atoms with Crippen LogP contribution in [0.15, 0.2) is 0 Å². The number of hydrogen-bond donors (Lipinski definition) is 6. The normalized spacial score (nSPS) is 55.3. The van der Waals surface area contributed by atoms with E-state index in [1.165, 1.54) is 0 Å². The van der Waals surface area contributed by atoms with E-state index in [1.807, 2.05) is 13.8 Å². The molecule has 4 aliphatic carbocycles. The molecule has 6 aliphatic rings. The van der Waals surface area contributed by atoms with E-state index in [-0.39, 0.29) is 47.9 Å². The van der Waals surface area contributed by atoms with Gasteiger partial charge in [-0.25, -0.2) is 0 Å². The number of ketones is 1. The fraction of sp³-hybridized carbons (Fsp3) is 0.970. The lowest BCUT2D eigenvalue weighted by molar-refractivity contribution is -0.303. The second-order valence-corrected chi connectivity index (χ2v) is 15.7. The molecule has 10 nitrogen and oxygen atoms in total. The smallest absolute Gasteiger partial charge is 0.186 e. The van der Waals surface area contributed by atoms with E-state index in [9.17, 15) is 35.4 Å². The van der Waals surface area contributed by atoms with Crippen LogP contribution < -0.4 is 0 Å². The first kappa shape index (κ1) is 32.3. The highest BCUT2D eigenvalue weighted by molar-refractivity contribution is 5.87. The standard InChI is InChI=1S/C33H54O10/c1-16(15-41-30-29(39)28(38)27(37)24(14-34)42-30)7-10-33(40)17(2)26-23(43-33)12-22-20-6-5-18-11-19(35)8-9-31(18,3)21(20)13-25(36)32(22,26)4/h16-24,26-30,34-35,37-40H,5-15H2,1-4H3/t16-,17+,18+,19+,20-,21+,22+,23+,24-,26+,27-,28+,29-,30-,31+,32-,33-/m1/s1. The fourth-order valence-corrected chi connectivity index (χ4v) is 10.9. The molecule has 246 valence electrons. The van der Waals surface area contributed by atoms with Crippen molar-refractivity contribution < 1.29 is 49.6 Å². The quantitative estimate of drug-likeness (QED) is 0.250. The Labute approximate surface area is 255 Å². The third kappa shape index (κ3) is 5.06. The molecular formula is C33H54O10. The van der Waals surface area contributed by atoms with Crippen molar-refractivity contribution in [2.45, 2.75) is 134 Å². The third-order valence-corrected chi connectivity index (χ3v) is 13.6. The largest absolute Gasteiger partial charge is 0.394 e. The summed E-state index contributed by atoms with van der Waals surface area (Å²) in [6, 6.07) is 0. The number of aliphatic hydroxyl groups excluding tert-OH is 5. The van der Waals surface area contributed by atoms with Crippen LogP contribution in [0.5, 0.6) is 0 Å². The second-order valence-electron chi connectivity index (χ2n) is 15.7. The third-order valence-electron chi connectivity index (χ3n) is 13.6. The van der Waals surface area contributed by atoms with Crippen LogP contribution in [0, 0.1) is 52.3 Å². The zero-order chi connectivity index (χ0) is 31.1. The lowest BCUT2D eigenvalue weighted by atomic mass is 9.44. The molecule has 0 aromatic carbocycles. The number of Topliss-reactive ketones (excluding diaryl/α,β-unsaturated/α-hetero) is 1. The second kappa shape index (κ2) is 11.5. The minimum atomic E-state index is -1.49. The molecule has 0 spiro atoms. The molecule has 0 aromatic rings. The Hall–Kier alpha value is -0.690. The minimum absolute atomic E-state index is 0.0321. The number of fused-ring (bicyclic) bond motifs is 7. The van der Waals surface area contributed by atoms with Crippen LogP contribution in [0.3, 0.4) is 0 Å². The Morgan fingerprint density at radius 3 is 2.49 bits per heavy atom. The van der Waals surface area contributed by atoms with Crippen molar-refractivity contribution in [1.29, 1.82) is 0 Å². The SMILES string of the molecule is C[C@H](CC[C@@]1(O)O[C@H]2C[C@H]3[C@@H]4CC[C@H]5C[C@@H](O)CC[C@]5(C)[C@H]4CC(=O)[C@]3(C)[C@H]2[C@@H]1C)CO[C@@H]1O[C@H](CO)[C@@H](O)[C@H](O)[C@H]1O. The van der Waals surface area contributed by atoms with Gasteiger partial charge in [0, 0.05) is 30.1 Å². The first-order valence-corrected chi connectivity index (χ1v) is 16.8. The maximum atomic E-state index is 14.2. The van der Waals surface area contributed by atoms with Gasteiger partial charge in [0.05, 0.1) is 25.4 Å². The highest BCUT2D eigenvalue weighted by Gasteiger charge is 2.71. The zero-order valence-corrected chi connectivity index (χ0v) is 26.2. The molecule has 2 saturated heterocycles. The molecule has 6 N–H and O–H groups in total. The zero-order valence-electron chi connectivity index (χ0n) is 26.2. The molecule has 2 heterocycles. The van der Waals surface area contributed by atoms with Gasteiger partial charge in [0.1, 0.15) is 30.2 Å². The molecule has 43 heavy (non-hydrogen) atoms. The predicted octanol–water partition coefficient (Wildman–Crippen LogP) is 1.75. The van der Waals surface area contributed by atoms with Gasteiger partial charge in [-0.2, -0.15) is 0 Å². The van der Waals surface area contributed by atoms with Crippen LogP contribution in [-0.2, 0) is 19.0 Å². The topological polar surface area (TPSA) is 166 Å². The summed E-state index contributed by atoms with van der Waals surface area (Å²) < 4.78 is 17.7. The van der Waals surface area contributed by atoms with Crippen LogP contribution in [0.2, 0.25) is 0 Å². The Bertz CT molecular complexity index is 1040. The summed E-state index contributed by atoms with van der Waals surface area (Å²) in [6.45, 7) is 8.19. The monoisotopic (exact) mass is 610 g/mol. The molecular weight excluding hydrogens is 556 g/mol. The summed E-state index contributed by atoms with van der Waals surface area (Å²) in [7, 11) is 0. The van der Waals surface area contributed by atoms with Crippen molar-refractivity contribution in [3.8, 4) is 0 Å². The van der Waals surface area contributed by atoms with Crippen molar-refractivity contribution in [3.05, 3.63) is 0 Å². The molecule has 0 unspecified atom stereocenters. The summed E-state index contributed by atoms with van der Waals surface area (Å²) in [6.07, 6.45) is 0.317. The van der Waals surface area contributed by atoms with E-state index >= 15 is 0 Å². The predicted molar refractivity (Wildman–Crippen MR) is 154 cm³/mol. The van der Waals surface area contributed by atoms with Gasteiger partial charge in [-0.05, 0) is 80.0 Å². The Morgan fingerprint density at radius 2 is 1.77 bits per heavy atom. The van der Waals surface area contributed by atoms with Crippen LogP contribution in [-0.4, -0.2) is 98.3 Å². The van der Waals surface area contributed by atoms with Gasteiger partial charge in [-0.1, -0.05) is 27.7 Å². The Balaban J connectivity index is 1.08. The highest BCUT2D eigenvalue weighted by atomic mass is 16.7. The van der Waals surface area contributed by atoms with Crippen LogP contribution >= 0.6 is 0 Å². The fourth-order valence-electron chi connectivity index (χ4n) is 10.9. The average molecular weight is 611 g/mol. The maximum absolute atomic E-state index is 14.2. The lowest BCUT2D eigenvalue weighted by Crippen LogP contribution is -2.59. The van der Waals surface area contributed by atoms with Crippen LogP contribution in [0.1, 0.15) is 85.5 Å². The summed E-state index contributed by atoms with van der Waals surface area (Å²) in [5.41, 5.74) is -0.400. The van der Waals surface area contributed by atoms with Crippen LogP contribution in [0.4, 0.5) is 0 Å². The van der Waals surface area contributed by atoms with Crippen molar-refractivity contribution in [1.82, 2.24) is 0 Å². The molecule has 0 radical (unpaired) electrons. The van der Waals surface area contributed by atoms with E-state index < -0.39 is 48.5 Å². The average Bonchev–Trinajstić information content (AvgIpc) is 3.41. The number of carbonyl (C=O) groups is 1. The van der Waals surface area contributed by atoms with Crippen molar-refractivity contribution >= 4 is 5.78 Å². The van der Waals surface area contributed by atoms with Gasteiger partial charge >= 0.3 is 0 Å².